The number of amides is 1. The van der Waals surface area contributed by atoms with Crippen molar-refractivity contribution in [2.24, 2.45) is 15.3 Å². The van der Waals surface area contributed by atoms with Crippen LogP contribution in [0, 0.1) is 0 Å². The summed E-state index contributed by atoms with van der Waals surface area (Å²) in [5, 5.41) is 73.6. The van der Waals surface area contributed by atoms with Gasteiger partial charge in [0.2, 0.25) is 0 Å². The van der Waals surface area contributed by atoms with Crippen molar-refractivity contribution in [3.05, 3.63) is 113 Å². The predicted octanol–water partition coefficient (Wildman–Crippen LogP) is 2.24. The van der Waals surface area contributed by atoms with E-state index >= 15 is 0 Å². The Kier molecular flexibility index (Phi) is 14.7. The molecule has 5 N–H and O–H groups in total. The first-order chi connectivity index (χ1) is 25.9. The summed E-state index contributed by atoms with van der Waals surface area (Å²) in [6.45, 7) is 0.276. The van der Waals surface area contributed by atoms with Gasteiger partial charge < -0.3 is 35.2 Å². The van der Waals surface area contributed by atoms with E-state index in [9.17, 15) is 49.0 Å². The van der Waals surface area contributed by atoms with Gasteiger partial charge >= 0.3 is 23.3 Å². The van der Waals surface area contributed by atoms with Crippen LogP contribution < -0.4 is 10.1 Å². The molecule has 1 aliphatic heterocycles. The van der Waals surface area contributed by atoms with Crippen molar-refractivity contribution in [2.75, 3.05) is 31.3 Å². The number of hydrogen-bond acceptors (Lipinski definition) is 13. The van der Waals surface area contributed by atoms with Gasteiger partial charge in [0, 0.05) is 29.9 Å². The molecule has 1 atom stereocenters. The first-order valence-electron chi connectivity index (χ1n) is 17.0. The van der Waals surface area contributed by atoms with E-state index in [1.165, 1.54) is 23.2 Å². The van der Waals surface area contributed by atoms with Gasteiger partial charge in [-0.15, -0.1) is 16.0 Å². The van der Waals surface area contributed by atoms with Crippen molar-refractivity contribution >= 4 is 49.4 Å². The third kappa shape index (κ3) is 9.77. The number of fused-ring (bicyclic) bond motifs is 1. The number of anilines is 1. The van der Waals surface area contributed by atoms with E-state index in [4.69, 9.17) is 0 Å². The van der Waals surface area contributed by atoms with Crippen molar-refractivity contribution < 1.29 is 66.4 Å². The maximum atomic E-state index is 13.3. The standard InChI is InChI=1S/C24H25N5O6S.C14H16O4.Cr/c1-16-22(24(33)29(27-16)17-7-3-2-4-8-17)25-26-23-19-10-6-5-9-18(19)21(15-20(23)32)36(34,35)28(11-13-30)12-14-31;15-10-5-7-12(16)9(8-10)4-6-14(18)11-2-1-3-13(11)17;/h2-10,15,30-32H,11-14H2,1H3,(H,34,35);5,7-8,15-16,18H,1-4,6H2;/q;;+3/p-2. The van der Waals surface area contributed by atoms with Gasteiger partial charge in [-0.1, -0.05) is 42.5 Å². The molecule has 3 aromatic rings. The summed E-state index contributed by atoms with van der Waals surface area (Å²) in [5.41, 5.74) is 2.33. The van der Waals surface area contributed by atoms with E-state index in [-0.39, 0.29) is 87.3 Å². The average Bonchev–Trinajstić information content (AvgIpc) is 3.72. The zero-order valence-electron chi connectivity index (χ0n) is 29.7. The van der Waals surface area contributed by atoms with Crippen LogP contribution in [0.1, 0.15) is 49.3 Å². The number of nitrogens with zero attached hydrogens (tertiary/aromatic N) is 5. The van der Waals surface area contributed by atoms with Crippen LogP contribution in [0.25, 0.3) is 0 Å². The minimum absolute atomic E-state index is 0. The normalized spacial score (nSPS) is 18.7. The molecule has 287 valence electrons. The molecular formula is C38H39CrN5O10S+. The summed E-state index contributed by atoms with van der Waals surface area (Å²) < 4.78 is 27.5. The Balaban J connectivity index is 0.000000298. The molecule has 0 aromatic heterocycles. The molecule has 2 aliphatic carbocycles. The van der Waals surface area contributed by atoms with Gasteiger partial charge in [-0.2, -0.15) is 10.1 Å². The molecule has 15 nitrogen and oxygen atoms in total. The molecule has 3 aromatic carbocycles. The van der Waals surface area contributed by atoms with Gasteiger partial charge in [-0.25, -0.2) is 4.31 Å². The summed E-state index contributed by atoms with van der Waals surface area (Å²) >= 11 is 0. The van der Waals surface area contributed by atoms with Gasteiger partial charge in [0.05, 0.1) is 24.6 Å². The van der Waals surface area contributed by atoms with Crippen LogP contribution in [0.15, 0.2) is 111 Å². The fourth-order valence-corrected chi connectivity index (χ4v) is 7.62. The Morgan fingerprint density at radius 3 is 2.18 bits per heavy atom. The summed E-state index contributed by atoms with van der Waals surface area (Å²) in [6, 6.07) is 19.4. The number of aromatic hydroxyl groups is 2. The number of hydrazone groups is 1. The maximum Gasteiger partial charge on any atom is 3.00 e. The van der Waals surface area contributed by atoms with Crippen LogP contribution in [-0.2, 0) is 43.4 Å². The number of Topliss-reactive ketones (excluding diaryl/α,β-unsaturated/α-hetero) is 1. The number of aliphatic hydroxyl groups excluding tert-OH is 3. The quantitative estimate of drug-likeness (QED) is 0.0658. The van der Waals surface area contributed by atoms with Crippen LogP contribution in [0.2, 0.25) is 0 Å². The molecule has 1 heterocycles. The number of aliphatic hydroxyl groups is 3. The van der Waals surface area contributed by atoms with E-state index < -0.39 is 34.9 Å². The Morgan fingerprint density at radius 1 is 0.909 bits per heavy atom. The van der Waals surface area contributed by atoms with Crippen molar-refractivity contribution in [1.82, 2.24) is 4.31 Å². The van der Waals surface area contributed by atoms with Crippen LogP contribution in [0.5, 0.6) is 11.5 Å². The van der Waals surface area contributed by atoms with Crippen molar-refractivity contribution in [3.63, 3.8) is 0 Å². The van der Waals surface area contributed by atoms with Gasteiger partial charge in [-0.05, 0) is 95.7 Å². The third-order valence-corrected chi connectivity index (χ3v) is 10.6. The Morgan fingerprint density at radius 2 is 1.55 bits per heavy atom. The van der Waals surface area contributed by atoms with E-state index in [0.29, 0.717) is 41.8 Å². The number of phenols is 2. The summed E-state index contributed by atoms with van der Waals surface area (Å²) in [6.07, 6.45) is 3.37. The number of benzene rings is 3. The monoisotopic (exact) mass is 809 g/mol. The zero-order chi connectivity index (χ0) is 39.0. The van der Waals surface area contributed by atoms with Crippen LogP contribution in [-0.4, -0.2) is 98.6 Å². The SMILES string of the molecule is CC1=NN(c2ccccc2)C(=O)C1=NN=C1C(O)=CC(=S(=O)([O-])N(CCO)CCO)c2ccccc21.O=C1CCCC1=C([O-])CCc1cc(O)ccc1O.[Cr+3]. The van der Waals surface area contributed by atoms with Crippen molar-refractivity contribution in [3.8, 4) is 11.5 Å². The second kappa shape index (κ2) is 19.0. The largest absolute Gasteiger partial charge is 3.00 e. The molecule has 1 fully saturated rings. The number of allylic oxidation sites excluding steroid dienone is 4. The fraction of sp³-hybridized carbons (Fsp3) is 0.263. The molecule has 1 radical (unpaired) electrons. The van der Waals surface area contributed by atoms with E-state index in [0.717, 1.165) is 16.8 Å². The molecule has 17 heteroatoms. The number of carbonyl (C=O) groups excluding carboxylic acids is 2. The summed E-state index contributed by atoms with van der Waals surface area (Å²) in [4.78, 5) is 24.1. The molecule has 6 rings (SSSR count). The number of para-hydroxylation sites is 1. The molecule has 1 unspecified atom stereocenters. The molecule has 1 saturated carbocycles. The zero-order valence-corrected chi connectivity index (χ0v) is 31.8. The van der Waals surface area contributed by atoms with E-state index in [1.54, 1.807) is 55.5 Å². The molecule has 0 spiro atoms. The van der Waals surface area contributed by atoms with Gasteiger partial charge in [0.25, 0.3) is 0 Å². The number of rotatable bonds is 10. The number of aryl methyl sites for hydroxylation is 1. The number of hydrogen-bond donors (Lipinski definition) is 5. The van der Waals surface area contributed by atoms with Gasteiger partial charge in [-0.3, -0.25) is 13.8 Å². The molecule has 0 bridgehead atoms. The van der Waals surface area contributed by atoms with Crippen LogP contribution >= 0.6 is 0 Å². The molecule has 55 heavy (non-hydrogen) atoms. The fourth-order valence-electron chi connectivity index (χ4n) is 5.98. The van der Waals surface area contributed by atoms with Gasteiger partial charge in [0.1, 0.15) is 23.0 Å². The first kappa shape index (κ1) is 42.6. The molecule has 0 saturated heterocycles. The van der Waals surface area contributed by atoms with Crippen molar-refractivity contribution in [2.45, 2.75) is 39.0 Å². The Labute approximate surface area is 328 Å². The first-order valence-corrected chi connectivity index (χ1v) is 18.4. The van der Waals surface area contributed by atoms with Gasteiger partial charge in [0.15, 0.2) is 11.5 Å². The second-order valence-electron chi connectivity index (χ2n) is 12.3. The predicted molar refractivity (Wildman–Crippen MR) is 201 cm³/mol. The molecule has 3 aliphatic rings. The second-order valence-corrected chi connectivity index (χ2v) is 14.2. The average molecular weight is 810 g/mol. The topological polar surface area (TPSA) is 242 Å². The number of ketones is 1. The number of phenolic OH excluding ortho intramolecular Hbond substituents is 2. The molecule has 1 amide bonds. The smallest absolute Gasteiger partial charge is 0.875 e. The Hall–Kier alpha value is -5.12. The maximum absolute atomic E-state index is 13.3. The van der Waals surface area contributed by atoms with Crippen LogP contribution in [0.4, 0.5) is 5.69 Å². The third-order valence-electron chi connectivity index (χ3n) is 8.70. The Bertz CT molecular complexity index is 2210. The molecular weight excluding hydrogens is 771 g/mol. The minimum Gasteiger partial charge on any atom is -0.875 e. The van der Waals surface area contributed by atoms with Crippen LogP contribution in [0.3, 0.4) is 0 Å². The summed E-state index contributed by atoms with van der Waals surface area (Å²) in [7, 11) is -4.18. The van der Waals surface area contributed by atoms with Crippen molar-refractivity contribution in [1.29, 1.82) is 0 Å². The summed E-state index contributed by atoms with van der Waals surface area (Å²) in [5.74, 6) is -1.03. The van der Waals surface area contributed by atoms with E-state index in [2.05, 4.69) is 15.3 Å². The van der Waals surface area contributed by atoms with E-state index in [1.807, 2.05) is 6.07 Å². The minimum atomic E-state index is -4.18. The number of carbonyl (C=O) groups is 2.